The van der Waals surface area contributed by atoms with Gasteiger partial charge < -0.3 is 15.5 Å². The van der Waals surface area contributed by atoms with Crippen molar-refractivity contribution >= 4 is 17.3 Å². The van der Waals surface area contributed by atoms with Crippen molar-refractivity contribution in [3.05, 3.63) is 33.6 Å². The molecule has 116 valence electrons. The molecule has 1 aromatic rings. The van der Waals surface area contributed by atoms with Crippen LogP contribution in [0.3, 0.4) is 0 Å². The highest BCUT2D eigenvalue weighted by molar-refractivity contribution is 5.93. The topological polar surface area (TPSA) is 113 Å². The minimum atomic E-state index is -1.52. The second-order valence-electron chi connectivity index (χ2n) is 5.06. The van der Waals surface area contributed by atoms with Gasteiger partial charge in [0, 0.05) is 6.04 Å². The number of hydrogen-bond donors (Lipinski definition) is 3. The first-order chi connectivity index (χ1) is 9.76. The van der Waals surface area contributed by atoms with Gasteiger partial charge >= 0.3 is 5.97 Å². The van der Waals surface area contributed by atoms with Crippen LogP contribution in [-0.2, 0) is 0 Å². The summed E-state index contributed by atoms with van der Waals surface area (Å²) < 4.78 is 13.8. The molecular formula is C13H17FN2O5. The number of nitro benzene ring substituents is 1. The molecule has 7 nitrogen and oxygen atoms in total. The average Bonchev–Trinajstić information content (AvgIpc) is 2.38. The number of nitrogens with zero attached hydrogens (tertiary/aromatic N) is 1. The number of carbonyl (C=O) groups is 1. The number of rotatable bonds is 7. The molecule has 0 aromatic heterocycles. The van der Waals surface area contributed by atoms with E-state index in [0.717, 1.165) is 6.07 Å². The predicted molar refractivity (Wildman–Crippen MR) is 74.0 cm³/mol. The van der Waals surface area contributed by atoms with Crippen LogP contribution in [0.15, 0.2) is 12.1 Å². The molecule has 0 bridgehead atoms. The molecule has 1 atom stereocenters. The lowest BCUT2D eigenvalue weighted by Gasteiger charge is -2.20. The second-order valence-corrected chi connectivity index (χ2v) is 5.06. The zero-order valence-electron chi connectivity index (χ0n) is 11.7. The molecule has 0 fully saturated rings. The van der Waals surface area contributed by atoms with Crippen LogP contribution < -0.4 is 5.32 Å². The first-order valence-electron chi connectivity index (χ1n) is 6.34. The van der Waals surface area contributed by atoms with E-state index in [4.69, 9.17) is 5.11 Å². The molecule has 0 aliphatic heterocycles. The summed E-state index contributed by atoms with van der Waals surface area (Å²) in [7, 11) is 0. The normalized spacial score (nSPS) is 12.2. The van der Waals surface area contributed by atoms with Gasteiger partial charge in [-0.2, -0.15) is 0 Å². The summed E-state index contributed by atoms with van der Waals surface area (Å²) in [5.41, 5.74) is -1.60. The van der Waals surface area contributed by atoms with E-state index in [0.29, 0.717) is 12.5 Å². The summed E-state index contributed by atoms with van der Waals surface area (Å²) in [6.07, 6.45) is 0.537. The van der Waals surface area contributed by atoms with Crippen LogP contribution in [-0.4, -0.2) is 33.8 Å². The van der Waals surface area contributed by atoms with E-state index in [1.54, 1.807) is 0 Å². The fraction of sp³-hybridized carbons (Fsp3) is 0.462. The van der Waals surface area contributed by atoms with Crippen LogP contribution >= 0.6 is 0 Å². The average molecular weight is 300 g/mol. The van der Waals surface area contributed by atoms with Gasteiger partial charge in [-0.3, -0.25) is 10.1 Å². The Morgan fingerprint density at radius 2 is 2.10 bits per heavy atom. The highest BCUT2D eigenvalue weighted by atomic mass is 19.1. The Morgan fingerprint density at radius 3 is 2.52 bits per heavy atom. The second kappa shape index (κ2) is 6.98. The standard InChI is InChI=1S/C13H17FN2O5/c1-7(2)3-8(6-17)15-11-4-9(13(18)19)12(16(20)21)5-10(11)14/h4-5,7-8,15,17H,3,6H2,1-2H3,(H,18,19). The van der Waals surface area contributed by atoms with Crippen molar-refractivity contribution in [3.63, 3.8) is 0 Å². The van der Waals surface area contributed by atoms with Crippen LogP contribution in [0.2, 0.25) is 0 Å². The zero-order valence-corrected chi connectivity index (χ0v) is 11.7. The maximum absolute atomic E-state index is 13.8. The molecule has 3 N–H and O–H groups in total. The van der Waals surface area contributed by atoms with Crippen molar-refractivity contribution in [2.45, 2.75) is 26.3 Å². The molecule has 1 rings (SSSR count). The van der Waals surface area contributed by atoms with E-state index in [1.165, 1.54) is 0 Å². The molecule has 1 unspecified atom stereocenters. The molecule has 0 amide bonds. The molecule has 0 aliphatic carbocycles. The number of hydrogen-bond acceptors (Lipinski definition) is 5. The number of benzene rings is 1. The number of carboxylic acids is 1. The molecule has 1 aromatic carbocycles. The molecule has 8 heteroatoms. The fourth-order valence-electron chi connectivity index (χ4n) is 1.96. The van der Waals surface area contributed by atoms with Crippen molar-refractivity contribution in [2.24, 2.45) is 5.92 Å². The summed E-state index contributed by atoms with van der Waals surface area (Å²) in [6, 6.07) is 0.969. The van der Waals surface area contributed by atoms with Crippen molar-refractivity contribution in [3.8, 4) is 0 Å². The zero-order chi connectivity index (χ0) is 16.2. The lowest BCUT2D eigenvalue weighted by atomic mass is 10.0. The van der Waals surface area contributed by atoms with Crippen molar-refractivity contribution in [1.82, 2.24) is 0 Å². The van der Waals surface area contributed by atoms with Crippen LogP contribution in [0.1, 0.15) is 30.6 Å². The van der Waals surface area contributed by atoms with Gasteiger partial charge in [-0.15, -0.1) is 0 Å². The Balaban J connectivity index is 3.16. The maximum Gasteiger partial charge on any atom is 0.342 e. The number of carboxylic acid groups (broad SMARTS) is 1. The van der Waals surface area contributed by atoms with Crippen molar-refractivity contribution in [1.29, 1.82) is 0 Å². The molecule has 0 saturated carbocycles. The van der Waals surface area contributed by atoms with Gasteiger partial charge in [0.1, 0.15) is 5.56 Å². The van der Waals surface area contributed by atoms with Gasteiger partial charge in [-0.1, -0.05) is 13.8 Å². The number of nitro groups is 1. The molecule has 0 saturated heterocycles. The third-order valence-electron chi connectivity index (χ3n) is 2.85. The first kappa shape index (κ1) is 16.8. The van der Waals surface area contributed by atoms with Gasteiger partial charge in [0.05, 0.1) is 23.3 Å². The van der Waals surface area contributed by atoms with Crippen LogP contribution in [0, 0.1) is 21.8 Å². The molecular weight excluding hydrogens is 283 g/mol. The van der Waals surface area contributed by atoms with Gasteiger partial charge in [-0.05, 0) is 18.4 Å². The Hall–Kier alpha value is -2.22. The molecule has 0 spiro atoms. The monoisotopic (exact) mass is 300 g/mol. The number of anilines is 1. The van der Waals surface area contributed by atoms with E-state index < -0.39 is 34.0 Å². The number of aliphatic hydroxyl groups excluding tert-OH is 1. The lowest BCUT2D eigenvalue weighted by molar-refractivity contribution is -0.385. The molecule has 21 heavy (non-hydrogen) atoms. The minimum Gasteiger partial charge on any atom is -0.477 e. The summed E-state index contributed by atoms with van der Waals surface area (Å²) >= 11 is 0. The SMILES string of the molecule is CC(C)CC(CO)Nc1cc(C(=O)O)c([N+](=O)[O-])cc1F. The number of aromatic carboxylic acids is 1. The fourth-order valence-corrected chi connectivity index (χ4v) is 1.96. The van der Waals surface area contributed by atoms with E-state index >= 15 is 0 Å². The third kappa shape index (κ3) is 4.38. The minimum absolute atomic E-state index is 0.183. The highest BCUT2D eigenvalue weighted by Crippen LogP contribution is 2.27. The summed E-state index contributed by atoms with van der Waals surface area (Å²) in [4.78, 5) is 20.8. The van der Waals surface area contributed by atoms with Crippen LogP contribution in [0.5, 0.6) is 0 Å². The number of nitrogens with one attached hydrogen (secondary N) is 1. The van der Waals surface area contributed by atoms with E-state index in [2.05, 4.69) is 5.32 Å². The quantitative estimate of drug-likeness (QED) is 0.526. The predicted octanol–water partition coefficient (Wildman–Crippen LogP) is 2.25. The van der Waals surface area contributed by atoms with Gasteiger partial charge in [-0.25, -0.2) is 9.18 Å². The molecule has 0 heterocycles. The van der Waals surface area contributed by atoms with E-state index in [9.17, 15) is 24.4 Å². The Kier molecular flexibility index (Phi) is 5.60. The van der Waals surface area contributed by atoms with Gasteiger partial charge in [0.15, 0.2) is 5.82 Å². The number of halogens is 1. The van der Waals surface area contributed by atoms with Crippen LogP contribution in [0.25, 0.3) is 0 Å². The van der Waals surface area contributed by atoms with Crippen molar-refractivity contribution < 1.29 is 24.3 Å². The summed E-state index contributed by atoms with van der Waals surface area (Å²) in [6.45, 7) is 3.56. The largest absolute Gasteiger partial charge is 0.477 e. The van der Waals surface area contributed by atoms with Crippen molar-refractivity contribution in [2.75, 3.05) is 11.9 Å². The van der Waals surface area contributed by atoms with Crippen LogP contribution in [0.4, 0.5) is 15.8 Å². The maximum atomic E-state index is 13.8. The molecule has 0 aliphatic rings. The Labute approximate surface area is 120 Å². The van der Waals surface area contributed by atoms with E-state index in [1.807, 2.05) is 13.8 Å². The van der Waals surface area contributed by atoms with Gasteiger partial charge in [0.25, 0.3) is 5.69 Å². The smallest absolute Gasteiger partial charge is 0.342 e. The summed E-state index contributed by atoms with van der Waals surface area (Å²) in [5, 5.41) is 31.6. The van der Waals surface area contributed by atoms with Gasteiger partial charge in [0.2, 0.25) is 0 Å². The van der Waals surface area contributed by atoms with E-state index in [-0.39, 0.29) is 18.2 Å². The third-order valence-corrected chi connectivity index (χ3v) is 2.85. The highest BCUT2D eigenvalue weighted by Gasteiger charge is 2.24. The first-order valence-corrected chi connectivity index (χ1v) is 6.34. The molecule has 0 radical (unpaired) electrons. The number of aliphatic hydroxyl groups is 1. The Bertz CT molecular complexity index is 548. The lowest BCUT2D eigenvalue weighted by Crippen LogP contribution is -2.26. The summed E-state index contributed by atoms with van der Waals surface area (Å²) in [5.74, 6) is -2.22. The Morgan fingerprint density at radius 1 is 1.48 bits per heavy atom.